The fraction of sp³-hybridized carbons (Fsp3) is 0. The molecule has 0 atom stereocenters. The lowest BCUT2D eigenvalue weighted by atomic mass is 10.1. The van der Waals surface area contributed by atoms with Gasteiger partial charge in [-0.05, 0) is 53.2 Å². The van der Waals surface area contributed by atoms with Gasteiger partial charge in [0.05, 0.1) is 10.7 Å². The lowest BCUT2D eigenvalue weighted by Crippen LogP contribution is -1.84. The average molecular weight is 433 g/mol. The molecule has 0 bridgehead atoms. The van der Waals surface area contributed by atoms with Crippen LogP contribution in [-0.2, 0) is 0 Å². The van der Waals surface area contributed by atoms with Gasteiger partial charge in [0, 0.05) is 22.4 Å². The number of phenols is 1. The van der Waals surface area contributed by atoms with Gasteiger partial charge in [-0.2, -0.15) is 0 Å². The van der Waals surface area contributed by atoms with E-state index in [4.69, 9.17) is 27.6 Å². The van der Waals surface area contributed by atoms with E-state index < -0.39 is 0 Å². The first-order chi connectivity index (χ1) is 14.6. The smallest absolute Gasteiger partial charge is 0.227 e. The van der Waals surface area contributed by atoms with Crippen molar-refractivity contribution in [2.45, 2.75) is 0 Å². The minimum Gasteiger partial charge on any atom is -0.506 e. The number of aromatic nitrogens is 1. The van der Waals surface area contributed by atoms with Crippen molar-refractivity contribution in [3.63, 3.8) is 0 Å². The van der Waals surface area contributed by atoms with E-state index in [1.807, 2.05) is 36.4 Å². The van der Waals surface area contributed by atoms with Crippen LogP contribution in [0.5, 0.6) is 5.75 Å². The Morgan fingerprint density at radius 3 is 2.60 bits per heavy atom. The monoisotopic (exact) mass is 432 g/mol. The number of hydrogen-bond acceptors (Lipinski definition) is 4. The Labute approximate surface area is 182 Å². The highest BCUT2D eigenvalue weighted by atomic mass is 35.5. The quantitative estimate of drug-likeness (QED) is 0.302. The maximum atomic E-state index is 10.1. The van der Waals surface area contributed by atoms with E-state index in [0.717, 1.165) is 10.9 Å². The Morgan fingerprint density at radius 2 is 1.73 bits per heavy atom. The summed E-state index contributed by atoms with van der Waals surface area (Å²) >= 11 is 12.0. The summed E-state index contributed by atoms with van der Waals surface area (Å²) in [5.74, 6) is 0.488. The van der Waals surface area contributed by atoms with Crippen LogP contribution in [0.3, 0.4) is 0 Å². The largest absolute Gasteiger partial charge is 0.506 e. The van der Waals surface area contributed by atoms with Gasteiger partial charge in [-0.15, -0.1) is 0 Å². The topological polar surface area (TPSA) is 58.6 Å². The maximum Gasteiger partial charge on any atom is 0.227 e. The highest BCUT2D eigenvalue weighted by Crippen LogP contribution is 2.32. The van der Waals surface area contributed by atoms with Gasteiger partial charge in [-0.3, -0.25) is 4.99 Å². The van der Waals surface area contributed by atoms with Crippen LogP contribution >= 0.6 is 23.2 Å². The van der Waals surface area contributed by atoms with E-state index >= 15 is 0 Å². The van der Waals surface area contributed by atoms with Crippen LogP contribution in [0.15, 0.2) is 82.2 Å². The van der Waals surface area contributed by atoms with Gasteiger partial charge >= 0.3 is 0 Å². The molecule has 5 rings (SSSR count). The second-order valence-electron chi connectivity index (χ2n) is 6.82. The Morgan fingerprint density at radius 1 is 0.900 bits per heavy atom. The first-order valence-electron chi connectivity index (χ1n) is 9.19. The second-order valence-corrected chi connectivity index (χ2v) is 7.66. The summed E-state index contributed by atoms with van der Waals surface area (Å²) in [6.45, 7) is 0. The zero-order valence-corrected chi connectivity index (χ0v) is 17.0. The molecular weight excluding hydrogens is 419 g/mol. The predicted molar refractivity (Wildman–Crippen MR) is 122 cm³/mol. The summed E-state index contributed by atoms with van der Waals surface area (Å²) < 4.78 is 5.93. The third kappa shape index (κ3) is 3.52. The summed E-state index contributed by atoms with van der Waals surface area (Å²) in [5, 5.41) is 13.0. The molecule has 0 fully saturated rings. The number of aliphatic imine (C=N–C) groups is 1. The highest BCUT2D eigenvalue weighted by molar-refractivity contribution is 6.36. The molecule has 0 aliphatic carbocycles. The van der Waals surface area contributed by atoms with Crippen molar-refractivity contribution in [2.24, 2.45) is 4.99 Å². The number of benzene rings is 4. The lowest BCUT2D eigenvalue weighted by Gasteiger charge is -2.02. The molecule has 4 nitrogen and oxygen atoms in total. The molecule has 0 aliphatic heterocycles. The minimum absolute atomic E-state index is 0.0640. The molecule has 0 unspecified atom stereocenters. The van der Waals surface area contributed by atoms with E-state index in [2.05, 4.69) is 34.2 Å². The zero-order valence-electron chi connectivity index (χ0n) is 15.5. The average Bonchev–Trinajstić information content (AvgIpc) is 3.18. The number of halogens is 2. The number of fused-ring (bicyclic) bond motifs is 2. The molecule has 30 heavy (non-hydrogen) atoms. The number of rotatable bonds is 3. The highest BCUT2D eigenvalue weighted by Gasteiger charge is 2.10. The van der Waals surface area contributed by atoms with Crippen molar-refractivity contribution >= 4 is 57.0 Å². The van der Waals surface area contributed by atoms with Crippen molar-refractivity contribution in [1.29, 1.82) is 0 Å². The first-order valence-corrected chi connectivity index (χ1v) is 9.94. The van der Waals surface area contributed by atoms with Gasteiger partial charge in [0.15, 0.2) is 5.58 Å². The minimum atomic E-state index is -0.0640. The normalized spacial score (nSPS) is 11.7. The van der Waals surface area contributed by atoms with Crippen LogP contribution in [0, 0.1) is 0 Å². The Balaban J connectivity index is 1.49. The Hall–Kier alpha value is -3.34. The lowest BCUT2D eigenvalue weighted by molar-refractivity contribution is 0.475. The van der Waals surface area contributed by atoms with E-state index in [0.29, 0.717) is 33.3 Å². The molecule has 1 N–H and O–H groups in total. The van der Waals surface area contributed by atoms with Crippen LogP contribution in [0.1, 0.15) is 5.56 Å². The zero-order chi connectivity index (χ0) is 20.7. The number of nitrogens with zero attached hydrogens (tertiary/aromatic N) is 2. The molecule has 4 aromatic carbocycles. The molecule has 0 amide bonds. The number of hydrogen-bond donors (Lipinski definition) is 1. The van der Waals surface area contributed by atoms with Crippen LogP contribution in [0.25, 0.3) is 33.3 Å². The Bertz CT molecular complexity index is 1440. The number of aromatic hydroxyl groups is 1. The van der Waals surface area contributed by atoms with Crippen LogP contribution < -0.4 is 0 Å². The van der Waals surface area contributed by atoms with Crippen LogP contribution in [-0.4, -0.2) is 16.3 Å². The molecule has 0 radical (unpaired) electrons. The van der Waals surface area contributed by atoms with Gasteiger partial charge in [0.25, 0.3) is 0 Å². The van der Waals surface area contributed by atoms with Crippen molar-refractivity contribution < 1.29 is 9.52 Å². The van der Waals surface area contributed by atoms with Gasteiger partial charge in [-0.25, -0.2) is 4.98 Å². The van der Waals surface area contributed by atoms with Crippen molar-refractivity contribution in [1.82, 2.24) is 4.98 Å². The number of oxazole rings is 1. The SMILES string of the molecule is Oc1c(Cl)cc(Cl)cc1C=Nc1ccc2oc(-c3ccc4ccccc4c3)nc2c1. The molecule has 5 aromatic rings. The van der Waals surface area contributed by atoms with E-state index in [1.54, 1.807) is 6.07 Å². The molecular formula is C24H14Cl2N2O2. The third-order valence-electron chi connectivity index (χ3n) is 4.78. The predicted octanol–water partition coefficient (Wildman–Crippen LogP) is 7.41. The summed E-state index contributed by atoms with van der Waals surface area (Å²) in [7, 11) is 0. The van der Waals surface area contributed by atoms with Crippen molar-refractivity contribution in [3.05, 3.63) is 88.4 Å². The molecule has 1 aromatic heterocycles. The summed E-state index contributed by atoms with van der Waals surface area (Å²) in [5.41, 5.74) is 3.38. The fourth-order valence-corrected chi connectivity index (χ4v) is 3.78. The summed E-state index contributed by atoms with van der Waals surface area (Å²) in [6, 6.07) is 22.8. The molecule has 0 saturated carbocycles. The molecule has 0 spiro atoms. The molecule has 146 valence electrons. The van der Waals surface area contributed by atoms with Gasteiger partial charge in [0.1, 0.15) is 11.3 Å². The molecule has 0 saturated heterocycles. The first kappa shape index (κ1) is 18.7. The van der Waals surface area contributed by atoms with Crippen LogP contribution in [0.4, 0.5) is 5.69 Å². The van der Waals surface area contributed by atoms with E-state index in [-0.39, 0.29) is 10.8 Å². The third-order valence-corrected chi connectivity index (χ3v) is 5.28. The molecule has 6 heteroatoms. The van der Waals surface area contributed by atoms with Crippen molar-refractivity contribution in [3.8, 4) is 17.2 Å². The maximum absolute atomic E-state index is 10.1. The van der Waals surface area contributed by atoms with Crippen LogP contribution in [0.2, 0.25) is 10.0 Å². The molecule has 1 heterocycles. The van der Waals surface area contributed by atoms with Gasteiger partial charge in [0.2, 0.25) is 5.89 Å². The Kier molecular flexibility index (Phi) is 4.66. The standard InChI is InChI=1S/C24H14Cl2N2O2/c25-18-10-17(23(29)20(26)11-18)13-27-19-7-8-22-21(12-19)28-24(30-22)16-6-5-14-3-1-2-4-15(14)9-16/h1-13,29H. The summed E-state index contributed by atoms with van der Waals surface area (Å²) in [4.78, 5) is 9.03. The second kappa shape index (κ2) is 7.48. The fourth-order valence-electron chi connectivity index (χ4n) is 3.27. The van der Waals surface area contributed by atoms with Gasteiger partial charge < -0.3 is 9.52 Å². The molecule has 0 aliphatic rings. The van der Waals surface area contributed by atoms with Crippen molar-refractivity contribution in [2.75, 3.05) is 0 Å². The van der Waals surface area contributed by atoms with Gasteiger partial charge in [-0.1, -0.05) is 53.5 Å². The number of phenolic OH excluding ortho intramolecular Hbond substituents is 1. The van der Waals surface area contributed by atoms with E-state index in [1.165, 1.54) is 17.7 Å². The van der Waals surface area contributed by atoms with E-state index in [9.17, 15) is 5.11 Å². The summed E-state index contributed by atoms with van der Waals surface area (Å²) in [6.07, 6.45) is 1.51.